The molecule has 0 radical (unpaired) electrons. The standard InChI is InChI=1S/C21H22BrN5O2/c1-25-7-9-26(10-8-25)21(29)14-27-13-16-11-15(5-6-17(16)24-27)12-19(28)18-3-2-4-20(22)23-18/h2-6,11,13H,7-10,12,14H2,1H3. The van der Waals surface area contributed by atoms with E-state index in [-0.39, 0.29) is 24.7 Å². The van der Waals surface area contributed by atoms with E-state index in [0.717, 1.165) is 42.6 Å². The Bertz CT molecular complexity index is 1060. The van der Waals surface area contributed by atoms with Crippen LogP contribution >= 0.6 is 15.9 Å². The Morgan fingerprint density at radius 1 is 1.10 bits per heavy atom. The number of likely N-dealkylation sites (N-methyl/N-ethyl adjacent to an activating group) is 1. The Morgan fingerprint density at radius 2 is 1.90 bits per heavy atom. The summed E-state index contributed by atoms with van der Waals surface area (Å²) in [6, 6.07) is 11.1. The first-order chi connectivity index (χ1) is 14.0. The zero-order valence-corrected chi connectivity index (χ0v) is 17.8. The lowest BCUT2D eigenvalue weighted by Gasteiger charge is -2.32. The highest BCUT2D eigenvalue weighted by atomic mass is 79.9. The number of carbonyl (C=O) groups is 2. The van der Waals surface area contributed by atoms with Crippen LogP contribution in [0.25, 0.3) is 10.9 Å². The Kier molecular flexibility index (Phi) is 5.73. The van der Waals surface area contributed by atoms with Crippen LogP contribution in [0.5, 0.6) is 0 Å². The van der Waals surface area contributed by atoms with Crippen LogP contribution in [0.1, 0.15) is 16.1 Å². The highest BCUT2D eigenvalue weighted by Crippen LogP contribution is 2.17. The molecular weight excluding hydrogens is 434 g/mol. The van der Waals surface area contributed by atoms with Crippen molar-refractivity contribution in [2.45, 2.75) is 13.0 Å². The number of ketones is 1. The molecule has 1 aliphatic rings. The Hall–Kier alpha value is -2.58. The van der Waals surface area contributed by atoms with Gasteiger partial charge in [-0.2, -0.15) is 5.10 Å². The number of amides is 1. The van der Waals surface area contributed by atoms with Crippen LogP contribution in [0.2, 0.25) is 0 Å². The van der Waals surface area contributed by atoms with Crippen molar-refractivity contribution in [2.75, 3.05) is 33.2 Å². The van der Waals surface area contributed by atoms with Gasteiger partial charge in [-0.05, 0) is 52.8 Å². The minimum Gasteiger partial charge on any atom is -0.339 e. The molecule has 4 rings (SSSR count). The molecule has 150 valence electrons. The first-order valence-corrected chi connectivity index (χ1v) is 10.4. The number of hydrogen-bond donors (Lipinski definition) is 0. The second-order valence-electron chi connectivity index (χ2n) is 7.35. The molecule has 0 bridgehead atoms. The van der Waals surface area contributed by atoms with E-state index in [1.165, 1.54) is 0 Å². The average Bonchev–Trinajstić information content (AvgIpc) is 3.10. The van der Waals surface area contributed by atoms with Gasteiger partial charge in [0, 0.05) is 44.2 Å². The van der Waals surface area contributed by atoms with Gasteiger partial charge in [0.1, 0.15) is 16.8 Å². The smallest absolute Gasteiger partial charge is 0.244 e. The minimum absolute atomic E-state index is 0.0386. The molecule has 7 nitrogen and oxygen atoms in total. The summed E-state index contributed by atoms with van der Waals surface area (Å²) in [5.74, 6) is 0.0466. The van der Waals surface area contributed by atoms with Crippen molar-refractivity contribution in [1.29, 1.82) is 0 Å². The fourth-order valence-corrected chi connectivity index (χ4v) is 3.79. The van der Waals surface area contributed by atoms with Gasteiger partial charge in [-0.15, -0.1) is 0 Å². The fourth-order valence-electron chi connectivity index (χ4n) is 3.45. The Morgan fingerprint density at radius 3 is 2.66 bits per heavy atom. The lowest BCUT2D eigenvalue weighted by Crippen LogP contribution is -2.48. The van der Waals surface area contributed by atoms with Crippen LogP contribution in [0, 0.1) is 0 Å². The summed E-state index contributed by atoms with van der Waals surface area (Å²) in [4.78, 5) is 33.4. The summed E-state index contributed by atoms with van der Waals surface area (Å²) >= 11 is 3.29. The largest absolute Gasteiger partial charge is 0.339 e. The molecule has 0 aliphatic carbocycles. The molecule has 2 aromatic heterocycles. The topological polar surface area (TPSA) is 71.3 Å². The lowest BCUT2D eigenvalue weighted by molar-refractivity contribution is -0.133. The number of carbonyl (C=O) groups excluding carboxylic acids is 2. The van der Waals surface area contributed by atoms with Crippen LogP contribution < -0.4 is 0 Å². The van der Waals surface area contributed by atoms with Crippen molar-refractivity contribution in [3.63, 3.8) is 0 Å². The summed E-state index contributed by atoms with van der Waals surface area (Å²) in [5, 5.41) is 5.43. The number of aromatic nitrogens is 3. The molecule has 1 aliphatic heterocycles. The highest BCUT2D eigenvalue weighted by molar-refractivity contribution is 9.10. The van der Waals surface area contributed by atoms with Crippen molar-refractivity contribution in [3.05, 3.63) is 58.5 Å². The van der Waals surface area contributed by atoms with Gasteiger partial charge in [-0.25, -0.2) is 4.98 Å². The molecule has 3 aromatic rings. The van der Waals surface area contributed by atoms with Gasteiger partial charge in [0.05, 0.1) is 5.52 Å². The number of hydrogen-bond acceptors (Lipinski definition) is 5. The molecule has 1 amide bonds. The molecular formula is C21H22BrN5O2. The van der Waals surface area contributed by atoms with E-state index < -0.39 is 0 Å². The van der Waals surface area contributed by atoms with Crippen LogP contribution in [0.3, 0.4) is 0 Å². The number of piperazine rings is 1. The normalized spacial score (nSPS) is 15.0. The van der Waals surface area contributed by atoms with E-state index in [2.05, 4.69) is 38.0 Å². The van der Waals surface area contributed by atoms with Gasteiger partial charge < -0.3 is 9.80 Å². The van der Waals surface area contributed by atoms with Crippen molar-refractivity contribution in [2.24, 2.45) is 0 Å². The maximum absolute atomic E-state index is 12.5. The molecule has 0 spiro atoms. The quantitative estimate of drug-likeness (QED) is 0.436. The van der Waals surface area contributed by atoms with Crippen molar-refractivity contribution >= 4 is 38.5 Å². The predicted molar refractivity (Wildman–Crippen MR) is 114 cm³/mol. The number of benzene rings is 1. The fraction of sp³-hybridized carbons (Fsp3) is 0.333. The summed E-state index contributed by atoms with van der Waals surface area (Å²) in [6.07, 6.45) is 2.14. The van der Waals surface area contributed by atoms with Crippen LogP contribution in [0.15, 0.2) is 47.2 Å². The third kappa shape index (κ3) is 4.71. The van der Waals surface area contributed by atoms with Gasteiger partial charge >= 0.3 is 0 Å². The van der Waals surface area contributed by atoms with E-state index in [4.69, 9.17) is 0 Å². The molecule has 0 N–H and O–H groups in total. The zero-order chi connectivity index (χ0) is 20.4. The van der Waals surface area contributed by atoms with E-state index in [0.29, 0.717) is 10.3 Å². The summed E-state index contributed by atoms with van der Waals surface area (Å²) in [5.41, 5.74) is 2.15. The van der Waals surface area contributed by atoms with Gasteiger partial charge in [0.15, 0.2) is 5.78 Å². The number of fused-ring (bicyclic) bond motifs is 1. The average molecular weight is 456 g/mol. The number of Topliss-reactive ketones (excluding diaryl/α,β-unsaturated/α-hetero) is 1. The molecule has 1 aromatic carbocycles. The van der Waals surface area contributed by atoms with Gasteiger partial charge in [0.25, 0.3) is 0 Å². The third-order valence-electron chi connectivity index (χ3n) is 5.13. The Balaban J connectivity index is 1.45. The SMILES string of the molecule is CN1CCN(C(=O)Cn2cc3cc(CC(=O)c4cccc(Br)n4)ccc3n2)CC1. The summed E-state index contributed by atoms with van der Waals surface area (Å²) in [6.45, 7) is 3.54. The minimum atomic E-state index is -0.0386. The summed E-state index contributed by atoms with van der Waals surface area (Å²) < 4.78 is 2.33. The number of rotatable bonds is 5. The monoisotopic (exact) mass is 455 g/mol. The second-order valence-corrected chi connectivity index (χ2v) is 8.16. The van der Waals surface area contributed by atoms with Gasteiger partial charge in [-0.1, -0.05) is 12.1 Å². The maximum atomic E-state index is 12.5. The van der Waals surface area contributed by atoms with E-state index in [9.17, 15) is 9.59 Å². The maximum Gasteiger partial charge on any atom is 0.244 e. The van der Waals surface area contributed by atoms with Crippen molar-refractivity contribution in [3.8, 4) is 0 Å². The van der Waals surface area contributed by atoms with Crippen LogP contribution in [-0.2, 0) is 17.8 Å². The van der Waals surface area contributed by atoms with Crippen LogP contribution in [0.4, 0.5) is 0 Å². The highest BCUT2D eigenvalue weighted by Gasteiger charge is 2.19. The third-order valence-corrected chi connectivity index (χ3v) is 5.58. The van der Waals surface area contributed by atoms with E-state index in [1.807, 2.05) is 29.3 Å². The van der Waals surface area contributed by atoms with E-state index >= 15 is 0 Å². The zero-order valence-electron chi connectivity index (χ0n) is 16.2. The van der Waals surface area contributed by atoms with Crippen LogP contribution in [-0.4, -0.2) is 69.5 Å². The molecule has 8 heteroatoms. The molecule has 1 saturated heterocycles. The lowest BCUT2D eigenvalue weighted by atomic mass is 10.1. The molecule has 29 heavy (non-hydrogen) atoms. The molecule has 0 unspecified atom stereocenters. The second kappa shape index (κ2) is 8.42. The van der Waals surface area contributed by atoms with Gasteiger partial charge in [0.2, 0.25) is 5.91 Å². The number of nitrogens with zero attached hydrogens (tertiary/aromatic N) is 5. The number of halogens is 1. The molecule has 0 atom stereocenters. The van der Waals surface area contributed by atoms with Crippen molar-refractivity contribution < 1.29 is 9.59 Å². The first kappa shape index (κ1) is 19.7. The first-order valence-electron chi connectivity index (χ1n) is 9.56. The molecule has 0 saturated carbocycles. The van der Waals surface area contributed by atoms with E-state index in [1.54, 1.807) is 22.9 Å². The molecule has 1 fully saturated rings. The Labute approximate surface area is 177 Å². The summed E-state index contributed by atoms with van der Waals surface area (Å²) in [7, 11) is 2.07. The van der Waals surface area contributed by atoms with Crippen molar-refractivity contribution in [1.82, 2.24) is 24.6 Å². The molecule has 3 heterocycles. The number of pyridine rings is 1. The predicted octanol–water partition coefficient (Wildman–Crippen LogP) is 2.39. The van der Waals surface area contributed by atoms with Gasteiger partial charge in [-0.3, -0.25) is 14.3 Å².